The van der Waals surface area contributed by atoms with Gasteiger partial charge in [-0.1, -0.05) is 34.3 Å². The summed E-state index contributed by atoms with van der Waals surface area (Å²) in [6, 6.07) is 0. The van der Waals surface area contributed by atoms with Crippen molar-refractivity contribution in [3.63, 3.8) is 0 Å². The third kappa shape index (κ3) is 3.48. The van der Waals surface area contributed by atoms with E-state index in [9.17, 15) is 24.6 Å². The van der Waals surface area contributed by atoms with Crippen molar-refractivity contribution in [2.45, 2.75) is 102 Å². The van der Waals surface area contributed by atoms with Crippen LogP contribution in [-0.2, 0) is 42.8 Å². The van der Waals surface area contributed by atoms with Crippen molar-refractivity contribution in [2.75, 3.05) is 21.3 Å². The van der Waals surface area contributed by atoms with Gasteiger partial charge in [-0.3, -0.25) is 14.4 Å². The van der Waals surface area contributed by atoms with Crippen LogP contribution in [0.4, 0.5) is 0 Å². The van der Waals surface area contributed by atoms with E-state index in [2.05, 4.69) is 13.5 Å². The number of ether oxygens (including phenoxy) is 6. The number of Topliss-reactive ketones (excluding diaryl/α,β-unsaturated/α-hetero) is 1. The Balaban J connectivity index is 1.63. The van der Waals surface area contributed by atoms with Gasteiger partial charge in [-0.2, -0.15) is 0 Å². The maximum Gasteiger partial charge on any atom is 0.309 e. The lowest BCUT2D eigenvalue weighted by molar-refractivity contribution is -0.330. The van der Waals surface area contributed by atoms with E-state index in [0.717, 1.165) is 0 Å². The zero-order valence-electron chi connectivity index (χ0n) is 24.4. The fourth-order valence-electron chi connectivity index (χ4n) is 9.00. The van der Waals surface area contributed by atoms with Crippen LogP contribution in [-0.4, -0.2) is 91.4 Å². The smallest absolute Gasteiger partial charge is 0.309 e. The summed E-state index contributed by atoms with van der Waals surface area (Å²) in [4.78, 5) is 39.5. The van der Waals surface area contributed by atoms with Crippen molar-refractivity contribution in [3.8, 4) is 0 Å². The van der Waals surface area contributed by atoms with Gasteiger partial charge in [0, 0.05) is 43.3 Å². The molecule has 3 heterocycles. The summed E-state index contributed by atoms with van der Waals surface area (Å²) in [5.74, 6) is -1.68. The molecular weight excluding hydrogens is 524 g/mol. The minimum absolute atomic E-state index is 0.0388. The van der Waals surface area contributed by atoms with Crippen molar-refractivity contribution < 1.29 is 53.0 Å². The number of aliphatic hydroxyl groups is 2. The summed E-state index contributed by atoms with van der Waals surface area (Å²) in [5.41, 5.74) is -5.39. The minimum Gasteiger partial charge on any atom is -0.469 e. The Hall–Kier alpha value is -1.89. The highest BCUT2D eigenvalue weighted by molar-refractivity contribution is 5.87. The van der Waals surface area contributed by atoms with E-state index in [0.29, 0.717) is 18.4 Å². The monoisotopic (exact) mass is 566 g/mol. The molecule has 0 aromatic carbocycles. The summed E-state index contributed by atoms with van der Waals surface area (Å²) < 4.78 is 34.1. The number of carbonyl (C=O) groups is 3. The van der Waals surface area contributed by atoms with Crippen molar-refractivity contribution >= 4 is 17.7 Å². The van der Waals surface area contributed by atoms with Gasteiger partial charge in [0.05, 0.1) is 19.6 Å². The highest BCUT2D eigenvalue weighted by Gasteiger charge is 2.78. The molecule has 11 nitrogen and oxygen atoms in total. The van der Waals surface area contributed by atoms with E-state index < -0.39 is 76.2 Å². The van der Waals surface area contributed by atoms with Crippen molar-refractivity contribution in [3.05, 3.63) is 12.2 Å². The Labute approximate surface area is 234 Å². The molecule has 5 fully saturated rings. The highest BCUT2D eigenvalue weighted by atomic mass is 16.8. The Morgan fingerprint density at radius 2 is 1.80 bits per heavy atom. The molecule has 11 atom stereocenters. The lowest BCUT2D eigenvalue weighted by atomic mass is 9.41. The van der Waals surface area contributed by atoms with Crippen LogP contribution in [0, 0.1) is 28.1 Å². The molecule has 11 heteroatoms. The van der Waals surface area contributed by atoms with E-state index in [1.807, 2.05) is 20.8 Å². The molecule has 2 N–H and O–H groups in total. The fourth-order valence-corrected chi connectivity index (χ4v) is 9.00. The van der Waals surface area contributed by atoms with Gasteiger partial charge in [0.1, 0.15) is 23.6 Å². The molecule has 2 bridgehead atoms. The molecule has 3 aliphatic heterocycles. The topological polar surface area (TPSA) is 147 Å². The zero-order valence-corrected chi connectivity index (χ0v) is 24.4. The lowest BCUT2D eigenvalue weighted by Crippen LogP contribution is -2.77. The predicted octanol–water partition coefficient (Wildman–Crippen LogP) is 1.66. The first-order valence-electron chi connectivity index (χ1n) is 13.9. The SMILES string of the molecule is C=C1[C@@H]2CC[C@@]3(C)[C@@H]([C@@]4(O)[C@H](OC)O[C@@H](OC)[C@@H]4O)OC(=O)C[C@]13O[C@H]1CC(=O)C(C)(C)[C@H](CC(=O)OC)[C@]12C. The largest absolute Gasteiger partial charge is 0.469 e. The molecule has 224 valence electrons. The number of carbonyl (C=O) groups excluding carboxylic acids is 3. The van der Waals surface area contributed by atoms with Crippen LogP contribution in [0.2, 0.25) is 0 Å². The average Bonchev–Trinajstić information content (AvgIpc) is 3.15. The standard InChI is InChI=1S/C29H42O11/c1-14-15-9-10-26(4)23(29(34)21(33)22(36-7)39-24(29)37-8)38-20(32)13-28(14,26)40-18-12-17(30)25(2,3)16(27(15,18)5)11-19(31)35-6/h15-16,18,21-24,33-34H,1,9-13H2,2-8H3/t15-,16-,18-,21-,22+,23-,24+,26-,27+,28-,29+/m0/s1. The van der Waals surface area contributed by atoms with Gasteiger partial charge in [-0.25, -0.2) is 0 Å². The van der Waals surface area contributed by atoms with Crippen LogP contribution in [0.5, 0.6) is 0 Å². The summed E-state index contributed by atoms with van der Waals surface area (Å²) >= 11 is 0. The number of hydrogen-bond acceptors (Lipinski definition) is 11. The Morgan fingerprint density at radius 1 is 1.12 bits per heavy atom. The second-order valence-electron chi connectivity index (χ2n) is 13.2. The summed E-state index contributed by atoms with van der Waals surface area (Å²) in [7, 11) is 3.98. The average molecular weight is 567 g/mol. The molecule has 0 amide bonds. The fraction of sp³-hybridized carbons (Fsp3) is 0.828. The third-order valence-corrected chi connectivity index (χ3v) is 11.4. The molecule has 3 saturated heterocycles. The Bertz CT molecular complexity index is 1120. The van der Waals surface area contributed by atoms with Gasteiger partial charge in [0.25, 0.3) is 0 Å². The first-order chi connectivity index (χ1) is 18.6. The van der Waals surface area contributed by atoms with Crippen molar-refractivity contribution in [1.82, 2.24) is 0 Å². The van der Waals surface area contributed by atoms with Gasteiger partial charge in [-0.05, 0) is 30.3 Å². The van der Waals surface area contributed by atoms with Gasteiger partial charge in [0.15, 0.2) is 18.2 Å². The Kier molecular flexibility index (Phi) is 6.89. The number of cyclic esters (lactones) is 1. The molecule has 1 spiro atoms. The molecular formula is C29H42O11. The summed E-state index contributed by atoms with van der Waals surface area (Å²) in [5, 5.41) is 23.2. The molecule has 0 unspecified atom stereocenters. The van der Waals surface area contributed by atoms with Crippen LogP contribution in [0.25, 0.3) is 0 Å². The van der Waals surface area contributed by atoms with Crippen molar-refractivity contribution in [1.29, 1.82) is 0 Å². The lowest BCUT2D eigenvalue weighted by Gasteiger charge is -2.71. The van der Waals surface area contributed by atoms with Gasteiger partial charge >= 0.3 is 11.9 Å². The molecule has 0 aromatic heterocycles. The van der Waals surface area contributed by atoms with E-state index in [1.165, 1.54) is 21.3 Å². The van der Waals surface area contributed by atoms with Gasteiger partial charge in [0.2, 0.25) is 0 Å². The van der Waals surface area contributed by atoms with Crippen LogP contribution in [0.15, 0.2) is 12.2 Å². The zero-order chi connectivity index (χ0) is 29.6. The van der Waals surface area contributed by atoms with Crippen LogP contribution in [0.3, 0.4) is 0 Å². The molecule has 5 rings (SSSR count). The maximum atomic E-state index is 13.5. The second kappa shape index (κ2) is 9.31. The van der Waals surface area contributed by atoms with Gasteiger partial charge in [-0.15, -0.1) is 0 Å². The Morgan fingerprint density at radius 3 is 2.40 bits per heavy atom. The molecule has 2 aliphatic carbocycles. The normalized spacial score (nSPS) is 49.6. The number of fused-ring (bicyclic) bond motifs is 3. The maximum absolute atomic E-state index is 13.5. The third-order valence-electron chi connectivity index (χ3n) is 11.4. The number of hydrogen-bond donors (Lipinski definition) is 2. The highest BCUT2D eigenvalue weighted by Crippen LogP contribution is 2.71. The second-order valence-corrected chi connectivity index (χ2v) is 13.2. The van der Waals surface area contributed by atoms with Crippen LogP contribution in [0.1, 0.15) is 59.8 Å². The number of esters is 2. The number of ketones is 1. The molecule has 0 aromatic rings. The first kappa shape index (κ1) is 29.6. The van der Waals surface area contributed by atoms with Crippen molar-refractivity contribution in [2.24, 2.45) is 28.1 Å². The van der Waals surface area contributed by atoms with E-state index in [4.69, 9.17) is 28.4 Å². The first-order valence-corrected chi connectivity index (χ1v) is 13.9. The quantitative estimate of drug-likeness (QED) is 0.370. The van der Waals surface area contributed by atoms with Crippen LogP contribution < -0.4 is 0 Å². The molecule has 0 radical (unpaired) electrons. The minimum atomic E-state index is -2.19. The molecule has 40 heavy (non-hydrogen) atoms. The van der Waals surface area contributed by atoms with Crippen LogP contribution >= 0.6 is 0 Å². The predicted molar refractivity (Wildman–Crippen MR) is 137 cm³/mol. The number of aliphatic hydroxyl groups excluding tert-OH is 1. The molecule has 5 aliphatic rings. The molecule has 2 saturated carbocycles. The van der Waals surface area contributed by atoms with E-state index >= 15 is 0 Å². The number of methoxy groups -OCH3 is 3. The summed E-state index contributed by atoms with van der Waals surface area (Å²) in [6.45, 7) is 12.1. The number of rotatable bonds is 5. The van der Waals surface area contributed by atoms with E-state index in [-0.39, 0.29) is 31.0 Å². The van der Waals surface area contributed by atoms with E-state index in [1.54, 1.807) is 0 Å². The van der Waals surface area contributed by atoms with Gasteiger partial charge < -0.3 is 38.6 Å². The summed E-state index contributed by atoms with van der Waals surface area (Å²) in [6.07, 6.45) is -5.15.